The molecule has 0 aliphatic rings. The van der Waals surface area contributed by atoms with Crippen LogP contribution in [0.3, 0.4) is 0 Å². The summed E-state index contributed by atoms with van der Waals surface area (Å²) in [5.41, 5.74) is 0.0446. The third-order valence-corrected chi connectivity index (χ3v) is 2.76. The predicted molar refractivity (Wildman–Crippen MR) is 69.2 cm³/mol. The van der Waals surface area contributed by atoms with E-state index in [2.05, 4.69) is 31.2 Å². The Balaban J connectivity index is 2.55. The van der Waals surface area contributed by atoms with Crippen molar-refractivity contribution in [2.24, 2.45) is 0 Å². The van der Waals surface area contributed by atoms with Crippen LogP contribution in [0.5, 0.6) is 0 Å². The van der Waals surface area contributed by atoms with Crippen molar-refractivity contribution in [1.82, 2.24) is 9.97 Å². The Bertz CT molecular complexity index is 575. The van der Waals surface area contributed by atoms with Gasteiger partial charge in [-0.25, -0.2) is 18.7 Å². The Morgan fingerprint density at radius 1 is 1.28 bits per heavy atom. The first-order valence-electron chi connectivity index (χ1n) is 5.33. The van der Waals surface area contributed by atoms with Crippen molar-refractivity contribution < 1.29 is 8.78 Å². The molecule has 0 fully saturated rings. The minimum Gasteiger partial charge on any atom is -0.354 e. The topological polar surface area (TPSA) is 37.8 Å². The van der Waals surface area contributed by atoms with Gasteiger partial charge in [0.1, 0.15) is 11.5 Å². The number of rotatable bonds is 3. The molecule has 0 atom stereocenters. The highest BCUT2D eigenvalue weighted by molar-refractivity contribution is 9.10. The number of hydrogen-bond acceptors (Lipinski definition) is 3. The molecule has 0 saturated carbocycles. The van der Waals surface area contributed by atoms with Crippen LogP contribution in [0.15, 0.2) is 28.9 Å². The van der Waals surface area contributed by atoms with E-state index < -0.39 is 11.6 Å². The molecule has 6 heteroatoms. The van der Waals surface area contributed by atoms with E-state index in [-0.39, 0.29) is 17.2 Å². The van der Waals surface area contributed by atoms with Gasteiger partial charge in [0, 0.05) is 16.6 Å². The lowest BCUT2D eigenvalue weighted by atomic mass is 10.1. The molecule has 0 unspecified atom stereocenters. The molecule has 0 aliphatic heterocycles. The molecule has 0 saturated heterocycles. The summed E-state index contributed by atoms with van der Waals surface area (Å²) in [6, 6.07) is 4.29. The predicted octanol–water partition coefficient (Wildman–Crippen LogP) is 3.62. The molecule has 0 aliphatic carbocycles. The Morgan fingerprint density at radius 2 is 2.06 bits per heavy atom. The molecule has 2 rings (SSSR count). The van der Waals surface area contributed by atoms with Crippen LogP contribution in [0, 0.1) is 11.6 Å². The molecule has 1 aromatic carbocycles. The number of nitrogens with zero attached hydrogens (tertiary/aromatic N) is 2. The molecule has 0 spiro atoms. The molecule has 1 aromatic heterocycles. The lowest BCUT2D eigenvalue weighted by Gasteiger charge is -2.07. The van der Waals surface area contributed by atoms with Gasteiger partial charge in [-0.1, -0.05) is 15.9 Å². The zero-order chi connectivity index (χ0) is 13.1. The molecule has 0 amide bonds. The first-order chi connectivity index (χ1) is 8.61. The standard InChI is InChI=1S/C12H10BrF2N3/c1-2-16-12-17-6-10(15)11(18-12)8-5-7(13)3-4-9(8)14/h3-6H,2H2,1H3,(H,16,17,18). The second kappa shape index (κ2) is 5.39. The first kappa shape index (κ1) is 12.9. The zero-order valence-electron chi connectivity index (χ0n) is 9.54. The van der Waals surface area contributed by atoms with Crippen molar-refractivity contribution in [2.45, 2.75) is 6.92 Å². The summed E-state index contributed by atoms with van der Waals surface area (Å²) in [4.78, 5) is 7.75. The lowest BCUT2D eigenvalue weighted by Crippen LogP contribution is -2.04. The van der Waals surface area contributed by atoms with Gasteiger partial charge in [-0.2, -0.15) is 0 Å². The molecular weight excluding hydrogens is 304 g/mol. The average Bonchev–Trinajstić information content (AvgIpc) is 2.35. The zero-order valence-corrected chi connectivity index (χ0v) is 11.1. The number of hydrogen-bond donors (Lipinski definition) is 1. The highest BCUT2D eigenvalue weighted by Crippen LogP contribution is 2.27. The van der Waals surface area contributed by atoms with Gasteiger partial charge >= 0.3 is 0 Å². The van der Waals surface area contributed by atoms with Crippen molar-refractivity contribution in [2.75, 3.05) is 11.9 Å². The highest BCUT2D eigenvalue weighted by atomic mass is 79.9. The molecule has 0 bridgehead atoms. The molecule has 2 aromatic rings. The minimum atomic E-state index is -0.659. The normalized spacial score (nSPS) is 10.4. The smallest absolute Gasteiger partial charge is 0.223 e. The number of aromatic nitrogens is 2. The van der Waals surface area contributed by atoms with E-state index in [1.54, 1.807) is 6.07 Å². The Labute approximate surface area is 111 Å². The number of halogens is 3. The van der Waals surface area contributed by atoms with Crippen molar-refractivity contribution in [3.8, 4) is 11.3 Å². The van der Waals surface area contributed by atoms with Crippen LogP contribution in [0.1, 0.15) is 6.92 Å². The van der Waals surface area contributed by atoms with Crippen molar-refractivity contribution in [3.05, 3.63) is 40.5 Å². The first-order valence-corrected chi connectivity index (χ1v) is 6.13. The molecule has 94 valence electrons. The summed E-state index contributed by atoms with van der Waals surface area (Å²) in [6.07, 6.45) is 1.03. The number of anilines is 1. The van der Waals surface area contributed by atoms with Crippen LogP contribution < -0.4 is 5.32 Å². The summed E-state index contributed by atoms with van der Waals surface area (Å²) < 4.78 is 28.0. The van der Waals surface area contributed by atoms with E-state index in [1.165, 1.54) is 12.1 Å². The van der Waals surface area contributed by atoms with Crippen LogP contribution in [0.2, 0.25) is 0 Å². The van der Waals surface area contributed by atoms with Crippen molar-refractivity contribution >= 4 is 21.9 Å². The summed E-state index contributed by atoms with van der Waals surface area (Å²) >= 11 is 3.22. The number of nitrogens with one attached hydrogen (secondary N) is 1. The Hall–Kier alpha value is -1.56. The fraction of sp³-hybridized carbons (Fsp3) is 0.167. The molecular formula is C12H10BrF2N3. The van der Waals surface area contributed by atoms with Gasteiger partial charge in [-0.15, -0.1) is 0 Å². The summed E-state index contributed by atoms with van der Waals surface area (Å²) in [7, 11) is 0. The molecule has 1 heterocycles. The average molecular weight is 314 g/mol. The minimum absolute atomic E-state index is 0.0558. The fourth-order valence-corrected chi connectivity index (χ4v) is 1.84. The highest BCUT2D eigenvalue weighted by Gasteiger charge is 2.13. The Morgan fingerprint density at radius 3 is 2.78 bits per heavy atom. The van der Waals surface area contributed by atoms with Crippen LogP contribution in [-0.2, 0) is 0 Å². The van der Waals surface area contributed by atoms with Crippen LogP contribution in [0.25, 0.3) is 11.3 Å². The van der Waals surface area contributed by atoms with E-state index in [0.29, 0.717) is 11.0 Å². The lowest BCUT2D eigenvalue weighted by molar-refractivity contribution is 0.607. The van der Waals surface area contributed by atoms with E-state index in [9.17, 15) is 8.78 Å². The SMILES string of the molecule is CCNc1ncc(F)c(-c2cc(Br)ccc2F)n1. The van der Waals surface area contributed by atoms with Gasteiger partial charge < -0.3 is 5.32 Å². The number of benzene rings is 1. The van der Waals surface area contributed by atoms with E-state index in [1.807, 2.05) is 6.92 Å². The summed E-state index contributed by atoms with van der Waals surface area (Å²) in [5.74, 6) is -0.917. The van der Waals surface area contributed by atoms with Crippen LogP contribution >= 0.6 is 15.9 Å². The van der Waals surface area contributed by atoms with E-state index in [0.717, 1.165) is 6.20 Å². The van der Waals surface area contributed by atoms with Gasteiger partial charge in [0.2, 0.25) is 5.95 Å². The maximum absolute atomic E-state index is 13.7. The third-order valence-electron chi connectivity index (χ3n) is 2.26. The van der Waals surface area contributed by atoms with Crippen molar-refractivity contribution in [3.63, 3.8) is 0 Å². The fourth-order valence-electron chi connectivity index (χ4n) is 1.48. The second-order valence-corrected chi connectivity index (χ2v) is 4.46. The summed E-state index contributed by atoms with van der Waals surface area (Å²) in [5, 5.41) is 2.86. The van der Waals surface area contributed by atoms with E-state index in [4.69, 9.17) is 0 Å². The monoisotopic (exact) mass is 313 g/mol. The second-order valence-electron chi connectivity index (χ2n) is 3.54. The molecule has 0 radical (unpaired) electrons. The van der Waals surface area contributed by atoms with Crippen LogP contribution in [-0.4, -0.2) is 16.5 Å². The Kier molecular flexibility index (Phi) is 3.86. The maximum Gasteiger partial charge on any atom is 0.223 e. The van der Waals surface area contributed by atoms with Crippen LogP contribution in [0.4, 0.5) is 14.7 Å². The van der Waals surface area contributed by atoms with Gasteiger partial charge in [-0.3, -0.25) is 0 Å². The van der Waals surface area contributed by atoms with Gasteiger partial charge in [-0.05, 0) is 25.1 Å². The molecule has 18 heavy (non-hydrogen) atoms. The quantitative estimate of drug-likeness (QED) is 0.940. The third kappa shape index (κ3) is 2.64. The molecule has 1 N–H and O–H groups in total. The largest absolute Gasteiger partial charge is 0.354 e. The maximum atomic E-state index is 13.7. The van der Waals surface area contributed by atoms with Gasteiger partial charge in [0.25, 0.3) is 0 Å². The van der Waals surface area contributed by atoms with Gasteiger partial charge in [0.05, 0.1) is 6.20 Å². The van der Waals surface area contributed by atoms with E-state index >= 15 is 0 Å². The summed E-state index contributed by atoms with van der Waals surface area (Å²) in [6.45, 7) is 2.47. The van der Waals surface area contributed by atoms with Crippen molar-refractivity contribution in [1.29, 1.82) is 0 Å². The molecule has 3 nitrogen and oxygen atoms in total. The van der Waals surface area contributed by atoms with Gasteiger partial charge in [0.15, 0.2) is 5.82 Å².